The topological polar surface area (TPSA) is 71.5 Å². The lowest BCUT2D eigenvalue weighted by Crippen LogP contribution is -2.24. The molecule has 0 aliphatic carbocycles. The number of amides is 1. The largest absolute Gasteiger partial charge is 0.465 e. The Balaban J connectivity index is 2.19. The van der Waals surface area contributed by atoms with Gasteiger partial charge in [0.05, 0.1) is 28.7 Å². The number of rotatable bonds is 5. The molecule has 1 aromatic heterocycles. The number of aromatic nitrogens is 1. The Morgan fingerprint density at radius 2 is 2.15 bits per heavy atom. The number of carbonyl (C=O) groups is 1. The Morgan fingerprint density at radius 1 is 1.45 bits per heavy atom. The summed E-state index contributed by atoms with van der Waals surface area (Å²) in [5.74, 6) is 0. The van der Waals surface area contributed by atoms with Crippen molar-refractivity contribution in [1.29, 1.82) is 0 Å². The molecule has 0 spiro atoms. The van der Waals surface area contributed by atoms with E-state index in [0.29, 0.717) is 6.61 Å². The number of benzene rings is 1. The van der Waals surface area contributed by atoms with Crippen molar-refractivity contribution in [2.75, 3.05) is 7.11 Å². The van der Waals surface area contributed by atoms with Crippen LogP contribution in [0.2, 0.25) is 0 Å². The van der Waals surface area contributed by atoms with Gasteiger partial charge in [0.25, 0.3) is 0 Å². The summed E-state index contributed by atoms with van der Waals surface area (Å²) >= 11 is 1.57. The van der Waals surface area contributed by atoms with E-state index in [2.05, 4.69) is 10.3 Å². The lowest BCUT2D eigenvalue weighted by atomic mass is 10.0. The van der Waals surface area contributed by atoms with Gasteiger partial charge in [0.2, 0.25) is 0 Å². The predicted octanol–water partition coefficient (Wildman–Crippen LogP) is 3.29. The van der Waals surface area contributed by atoms with Crippen LogP contribution < -0.4 is 5.32 Å². The molecule has 2 rings (SSSR count). The second-order valence-corrected chi connectivity index (χ2v) is 5.21. The molecule has 0 bridgehead atoms. The SMILES string of the molecule is COCc1ncsc1-c1ccc(C(C)NC(=O)O)cc1. The van der Waals surface area contributed by atoms with Crippen molar-refractivity contribution < 1.29 is 14.6 Å². The van der Waals surface area contributed by atoms with Gasteiger partial charge in [-0.2, -0.15) is 0 Å². The van der Waals surface area contributed by atoms with Crippen LogP contribution in [-0.4, -0.2) is 23.3 Å². The fourth-order valence-electron chi connectivity index (χ4n) is 1.94. The molecule has 0 aliphatic heterocycles. The summed E-state index contributed by atoms with van der Waals surface area (Å²) in [6.45, 7) is 2.30. The van der Waals surface area contributed by atoms with Gasteiger partial charge >= 0.3 is 6.09 Å². The third kappa shape index (κ3) is 3.34. The number of methoxy groups -OCH3 is 1. The number of thiazole rings is 1. The van der Waals surface area contributed by atoms with E-state index in [1.165, 1.54) is 0 Å². The smallest absolute Gasteiger partial charge is 0.405 e. The standard InChI is InChI=1S/C14H16N2O3S/c1-9(16-14(17)18)10-3-5-11(6-4-10)13-12(7-19-2)15-8-20-13/h3-6,8-9,16H,7H2,1-2H3,(H,17,18). The highest BCUT2D eigenvalue weighted by Gasteiger charge is 2.11. The van der Waals surface area contributed by atoms with Gasteiger partial charge in [-0.15, -0.1) is 11.3 Å². The Morgan fingerprint density at radius 3 is 2.75 bits per heavy atom. The van der Waals surface area contributed by atoms with E-state index in [4.69, 9.17) is 9.84 Å². The maximum absolute atomic E-state index is 10.6. The van der Waals surface area contributed by atoms with Crippen LogP contribution >= 0.6 is 11.3 Å². The van der Waals surface area contributed by atoms with Crippen molar-refractivity contribution in [3.05, 3.63) is 41.0 Å². The molecule has 20 heavy (non-hydrogen) atoms. The quantitative estimate of drug-likeness (QED) is 0.887. The average molecular weight is 292 g/mol. The average Bonchev–Trinajstić information content (AvgIpc) is 2.87. The maximum Gasteiger partial charge on any atom is 0.405 e. The Hall–Kier alpha value is -1.92. The molecular weight excluding hydrogens is 276 g/mol. The van der Waals surface area contributed by atoms with E-state index < -0.39 is 6.09 Å². The second-order valence-electron chi connectivity index (χ2n) is 4.35. The molecule has 0 radical (unpaired) electrons. The molecule has 1 heterocycles. The molecular formula is C14H16N2O3S. The van der Waals surface area contributed by atoms with E-state index in [-0.39, 0.29) is 6.04 Å². The zero-order chi connectivity index (χ0) is 14.5. The summed E-state index contributed by atoms with van der Waals surface area (Å²) in [6.07, 6.45) is -1.02. The lowest BCUT2D eigenvalue weighted by Gasteiger charge is -2.12. The van der Waals surface area contributed by atoms with Crippen molar-refractivity contribution in [3.63, 3.8) is 0 Å². The van der Waals surface area contributed by atoms with Crippen molar-refractivity contribution in [3.8, 4) is 10.4 Å². The minimum absolute atomic E-state index is 0.235. The molecule has 0 saturated carbocycles. The van der Waals surface area contributed by atoms with Crippen LogP contribution in [0, 0.1) is 0 Å². The molecule has 2 aromatic rings. The van der Waals surface area contributed by atoms with Crippen molar-refractivity contribution in [1.82, 2.24) is 10.3 Å². The monoisotopic (exact) mass is 292 g/mol. The highest BCUT2D eigenvalue weighted by atomic mass is 32.1. The summed E-state index contributed by atoms with van der Waals surface area (Å²) in [6, 6.07) is 7.56. The van der Waals surface area contributed by atoms with Crippen LogP contribution in [0.15, 0.2) is 29.8 Å². The highest BCUT2D eigenvalue weighted by molar-refractivity contribution is 7.13. The van der Waals surface area contributed by atoms with Crippen LogP contribution in [-0.2, 0) is 11.3 Å². The zero-order valence-electron chi connectivity index (χ0n) is 11.3. The van der Waals surface area contributed by atoms with E-state index in [1.54, 1.807) is 24.0 Å². The summed E-state index contributed by atoms with van der Waals surface area (Å²) in [5, 5.41) is 11.1. The molecule has 0 saturated heterocycles. The number of ether oxygens (including phenoxy) is 1. The maximum atomic E-state index is 10.6. The number of hydrogen-bond donors (Lipinski definition) is 2. The summed E-state index contributed by atoms with van der Waals surface area (Å²) in [4.78, 5) is 16.0. The third-order valence-corrected chi connectivity index (χ3v) is 3.85. The fourth-order valence-corrected chi connectivity index (χ4v) is 2.74. The van der Waals surface area contributed by atoms with Gasteiger partial charge in [-0.1, -0.05) is 24.3 Å². The molecule has 1 unspecified atom stereocenters. The normalized spacial score (nSPS) is 12.1. The van der Waals surface area contributed by atoms with Gasteiger partial charge in [-0.25, -0.2) is 9.78 Å². The molecule has 1 amide bonds. The fraction of sp³-hybridized carbons (Fsp3) is 0.286. The number of nitrogens with one attached hydrogen (secondary N) is 1. The number of nitrogens with zero attached hydrogens (tertiary/aromatic N) is 1. The number of carboxylic acid groups (broad SMARTS) is 1. The van der Waals surface area contributed by atoms with Crippen LogP contribution in [0.3, 0.4) is 0 Å². The van der Waals surface area contributed by atoms with E-state index in [0.717, 1.165) is 21.7 Å². The first-order chi connectivity index (χ1) is 9.61. The molecule has 0 fully saturated rings. The van der Waals surface area contributed by atoms with Gasteiger partial charge in [0.15, 0.2) is 0 Å². The van der Waals surface area contributed by atoms with Gasteiger partial charge in [0, 0.05) is 7.11 Å². The zero-order valence-corrected chi connectivity index (χ0v) is 12.1. The van der Waals surface area contributed by atoms with Crippen molar-refractivity contribution in [2.24, 2.45) is 0 Å². The predicted molar refractivity (Wildman–Crippen MR) is 77.8 cm³/mol. The second kappa shape index (κ2) is 6.49. The van der Waals surface area contributed by atoms with Gasteiger partial charge in [-0.05, 0) is 18.1 Å². The van der Waals surface area contributed by atoms with Crippen LogP contribution in [0.4, 0.5) is 4.79 Å². The van der Waals surface area contributed by atoms with Crippen molar-refractivity contribution in [2.45, 2.75) is 19.6 Å². The molecule has 0 aliphatic rings. The van der Waals surface area contributed by atoms with Crippen LogP contribution in [0.5, 0.6) is 0 Å². The van der Waals surface area contributed by atoms with Gasteiger partial charge in [0.1, 0.15) is 0 Å². The van der Waals surface area contributed by atoms with E-state index >= 15 is 0 Å². The van der Waals surface area contributed by atoms with E-state index in [1.807, 2.05) is 31.2 Å². The molecule has 1 aromatic carbocycles. The van der Waals surface area contributed by atoms with E-state index in [9.17, 15) is 4.79 Å². The Kier molecular flexibility index (Phi) is 4.70. The first kappa shape index (κ1) is 14.5. The Bertz CT molecular complexity index is 580. The third-order valence-electron chi connectivity index (χ3n) is 2.94. The number of hydrogen-bond acceptors (Lipinski definition) is 4. The lowest BCUT2D eigenvalue weighted by molar-refractivity contribution is 0.182. The summed E-state index contributed by atoms with van der Waals surface area (Å²) < 4.78 is 5.12. The first-order valence-electron chi connectivity index (χ1n) is 6.13. The Labute approximate surface area is 121 Å². The van der Waals surface area contributed by atoms with Crippen LogP contribution in [0.25, 0.3) is 10.4 Å². The van der Waals surface area contributed by atoms with Gasteiger partial charge in [-0.3, -0.25) is 0 Å². The first-order valence-corrected chi connectivity index (χ1v) is 7.01. The summed E-state index contributed by atoms with van der Waals surface area (Å²) in [7, 11) is 1.64. The van der Waals surface area contributed by atoms with Gasteiger partial charge < -0.3 is 15.2 Å². The summed E-state index contributed by atoms with van der Waals surface area (Å²) in [5.41, 5.74) is 4.70. The van der Waals surface area contributed by atoms with Crippen LogP contribution in [0.1, 0.15) is 24.2 Å². The molecule has 2 N–H and O–H groups in total. The highest BCUT2D eigenvalue weighted by Crippen LogP contribution is 2.29. The molecule has 5 nitrogen and oxygen atoms in total. The minimum atomic E-state index is -1.02. The minimum Gasteiger partial charge on any atom is -0.465 e. The molecule has 106 valence electrons. The van der Waals surface area contributed by atoms with Crippen molar-refractivity contribution >= 4 is 17.4 Å². The molecule has 1 atom stereocenters. The molecule has 6 heteroatoms.